The van der Waals surface area contributed by atoms with E-state index in [0.29, 0.717) is 28.7 Å². The minimum Gasteiger partial charge on any atom is -0.379 e. The van der Waals surface area contributed by atoms with Crippen molar-refractivity contribution in [3.05, 3.63) is 28.2 Å². The Morgan fingerprint density at radius 3 is 2.68 bits per heavy atom. The van der Waals surface area contributed by atoms with E-state index in [9.17, 15) is 4.79 Å². The number of halogens is 2. The van der Waals surface area contributed by atoms with Crippen LogP contribution < -0.4 is 10.6 Å². The van der Waals surface area contributed by atoms with Crippen LogP contribution in [-0.2, 0) is 9.53 Å². The predicted octanol–water partition coefficient (Wildman–Crippen LogP) is 2.24. The van der Waals surface area contributed by atoms with Crippen LogP contribution >= 0.6 is 23.2 Å². The summed E-state index contributed by atoms with van der Waals surface area (Å²) in [6.07, 6.45) is 0.420. The summed E-state index contributed by atoms with van der Waals surface area (Å²) in [7, 11) is 0. The number of carbonyl (C=O) groups excluding carboxylic acids is 1. The molecule has 1 aromatic carbocycles. The van der Waals surface area contributed by atoms with Gasteiger partial charge in [-0.1, -0.05) is 23.2 Å². The van der Waals surface area contributed by atoms with Gasteiger partial charge in [0.1, 0.15) is 0 Å². The molecule has 1 fully saturated rings. The normalized spacial score (nSPS) is 15.7. The number of carbonyl (C=O) groups is 1. The first kappa shape index (κ1) is 17.5. The van der Waals surface area contributed by atoms with E-state index in [4.69, 9.17) is 27.9 Å². The summed E-state index contributed by atoms with van der Waals surface area (Å²) in [5, 5.41) is 6.99. The lowest BCUT2D eigenvalue weighted by molar-refractivity contribution is -0.116. The summed E-state index contributed by atoms with van der Waals surface area (Å²) < 4.78 is 5.30. The van der Waals surface area contributed by atoms with Crippen molar-refractivity contribution in [1.82, 2.24) is 10.2 Å². The highest BCUT2D eigenvalue weighted by Gasteiger charge is 2.09. The van der Waals surface area contributed by atoms with E-state index in [0.717, 1.165) is 39.4 Å². The Kier molecular flexibility index (Phi) is 7.42. The SMILES string of the molecule is O=C(CCNCCN1CCOCC1)Nc1ccc(Cl)c(Cl)c1. The molecule has 1 aromatic rings. The van der Waals surface area contributed by atoms with E-state index in [-0.39, 0.29) is 5.91 Å². The number of benzene rings is 1. The third-order valence-corrected chi connectivity index (χ3v) is 4.18. The van der Waals surface area contributed by atoms with Crippen LogP contribution in [0.5, 0.6) is 0 Å². The van der Waals surface area contributed by atoms with Gasteiger partial charge < -0.3 is 15.4 Å². The number of nitrogens with one attached hydrogen (secondary N) is 2. The second-order valence-corrected chi connectivity index (χ2v) is 5.95. The molecule has 0 unspecified atom stereocenters. The average Bonchev–Trinajstić information content (AvgIpc) is 2.52. The van der Waals surface area contributed by atoms with Crippen molar-refractivity contribution in [3.63, 3.8) is 0 Å². The number of amides is 1. The van der Waals surface area contributed by atoms with Crippen molar-refractivity contribution in [2.24, 2.45) is 0 Å². The Balaban J connectivity index is 1.58. The average molecular weight is 346 g/mol. The van der Waals surface area contributed by atoms with E-state index in [1.807, 2.05) is 0 Å². The Morgan fingerprint density at radius 2 is 1.95 bits per heavy atom. The van der Waals surface area contributed by atoms with Crippen molar-refractivity contribution >= 4 is 34.8 Å². The van der Waals surface area contributed by atoms with Gasteiger partial charge in [-0.2, -0.15) is 0 Å². The Hall–Kier alpha value is -0.850. The van der Waals surface area contributed by atoms with E-state index in [1.165, 1.54) is 0 Å². The van der Waals surface area contributed by atoms with Gasteiger partial charge in [0.2, 0.25) is 5.91 Å². The van der Waals surface area contributed by atoms with Crippen molar-refractivity contribution in [1.29, 1.82) is 0 Å². The maximum Gasteiger partial charge on any atom is 0.225 e. The second-order valence-electron chi connectivity index (χ2n) is 5.13. The van der Waals surface area contributed by atoms with E-state index < -0.39 is 0 Å². The summed E-state index contributed by atoms with van der Waals surface area (Å²) >= 11 is 11.7. The van der Waals surface area contributed by atoms with Crippen LogP contribution in [-0.4, -0.2) is 56.7 Å². The Morgan fingerprint density at radius 1 is 1.18 bits per heavy atom. The second kappa shape index (κ2) is 9.33. The molecule has 0 saturated carbocycles. The first-order valence-electron chi connectivity index (χ1n) is 7.41. The van der Waals surface area contributed by atoms with E-state index >= 15 is 0 Å². The van der Waals surface area contributed by atoms with Crippen LogP contribution in [0.3, 0.4) is 0 Å². The standard InChI is InChI=1S/C15H21Cl2N3O2/c16-13-2-1-12(11-14(13)17)19-15(21)3-4-18-5-6-20-7-9-22-10-8-20/h1-2,11,18H,3-10H2,(H,19,21). The molecule has 7 heteroatoms. The zero-order chi connectivity index (χ0) is 15.8. The van der Waals surface area contributed by atoms with Crippen molar-refractivity contribution < 1.29 is 9.53 Å². The van der Waals surface area contributed by atoms with Gasteiger partial charge in [-0.3, -0.25) is 9.69 Å². The zero-order valence-corrected chi connectivity index (χ0v) is 13.9. The molecule has 22 heavy (non-hydrogen) atoms. The molecule has 122 valence electrons. The summed E-state index contributed by atoms with van der Waals surface area (Å²) in [5.74, 6) is -0.0442. The van der Waals surface area contributed by atoms with Crippen LogP contribution in [0.15, 0.2) is 18.2 Å². The fourth-order valence-corrected chi connectivity index (χ4v) is 2.48. The number of anilines is 1. The Labute approximate surface area is 140 Å². The molecular formula is C15H21Cl2N3O2. The quantitative estimate of drug-likeness (QED) is 0.744. The molecule has 2 N–H and O–H groups in total. The molecular weight excluding hydrogens is 325 g/mol. The van der Waals surface area contributed by atoms with Gasteiger partial charge >= 0.3 is 0 Å². The lowest BCUT2D eigenvalue weighted by atomic mass is 10.3. The van der Waals surface area contributed by atoms with Crippen LogP contribution in [0.4, 0.5) is 5.69 Å². The van der Waals surface area contributed by atoms with Gasteiger partial charge in [-0.05, 0) is 18.2 Å². The largest absolute Gasteiger partial charge is 0.379 e. The van der Waals surface area contributed by atoms with Crippen LogP contribution in [0.25, 0.3) is 0 Å². The number of rotatable bonds is 7. The van der Waals surface area contributed by atoms with E-state index in [1.54, 1.807) is 18.2 Å². The monoisotopic (exact) mass is 345 g/mol. The molecule has 1 heterocycles. The highest BCUT2D eigenvalue weighted by atomic mass is 35.5. The number of morpholine rings is 1. The fraction of sp³-hybridized carbons (Fsp3) is 0.533. The summed E-state index contributed by atoms with van der Waals surface area (Å²) in [6, 6.07) is 5.05. The summed E-state index contributed by atoms with van der Waals surface area (Å²) in [5.41, 5.74) is 0.660. The number of nitrogens with zero attached hydrogens (tertiary/aromatic N) is 1. The maximum atomic E-state index is 11.8. The Bertz CT molecular complexity index is 494. The van der Waals surface area contributed by atoms with Gasteiger partial charge in [0.25, 0.3) is 0 Å². The molecule has 0 bridgehead atoms. The number of ether oxygens (including phenoxy) is 1. The highest BCUT2D eigenvalue weighted by molar-refractivity contribution is 6.42. The van der Waals surface area contributed by atoms with Gasteiger partial charge in [-0.15, -0.1) is 0 Å². The third kappa shape index (κ3) is 6.10. The van der Waals surface area contributed by atoms with E-state index in [2.05, 4.69) is 15.5 Å². The van der Waals surface area contributed by atoms with Crippen molar-refractivity contribution in [2.75, 3.05) is 51.3 Å². The first-order chi connectivity index (χ1) is 10.6. The minimum atomic E-state index is -0.0442. The lowest BCUT2D eigenvalue weighted by Crippen LogP contribution is -2.40. The number of hydrogen-bond donors (Lipinski definition) is 2. The van der Waals surface area contributed by atoms with Gasteiger partial charge in [-0.25, -0.2) is 0 Å². The molecule has 5 nitrogen and oxygen atoms in total. The smallest absolute Gasteiger partial charge is 0.225 e. The zero-order valence-electron chi connectivity index (χ0n) is 12.4. The molecule has 1 aliphatic rings. The lowest BCUT2D eigenvalue weighted by Gasteiger charge is -2.26. The van der Waals surface area contributed by atoms with Gasteiger partial charge in [0, 0.05) is 44.8 Å². The summed E-state index contributed by atoms with van der Waals surface area (Å²) in [6.45, 7) is 6.10. The van der Waals surface area contributed by atoms with Crippen LogP contribution in [0.2, 0.25) is 10.0 Å². The van der Waals surface area contributed by atoms with Gasteiger partial charge in [0.05, 0.1) is 23.3 Å². The topological polar surface area (TPSA) is 53.6 Å². The summed E-state index contributed by atoms with van der Waals surface area (Å²) in [4.78, 5) is 14.2. The minimum absolute atomic E-state index is 0.0442. The third-order valence-electron chi connectivity index (χ3n) is 3.44. The van der Waals surface area contributed by atoms with Crippen molar-refractivity contribution in [3.8, 4) is 0 Å². The number of hydrogen-bond acceptors (Lipinski definition) is 4. The molecule has 1 aliphatic heterocycles. The molecule has 0 atom stereocenters. The van der Waals surface area contributed by atoms with Crippen molar-refractivity contribution in [2.45, 2.75) is 6.42 Å². The van der Waals surface area contributed by atoms with Crippen LogP contribution in [0.1, 0.15) is 6.42 Å². The van der Waals surface area contributed by atoms with Gasteiger partial charge in [0.15, 0.2) is 0 Å². The molecule has 2 rings (SSSR count). The van der Waals surface area contributed by atoms with Crippen LogP contribution in [0, 0.1) is 0 Å². The molecule has 0 spiro atoms. The molecule has 0 radical (unpaired) electrons. The molecule has 0 aromatic heterocycles. The molecule has 1 saturated heterocycles. The maximum absolute atomic E-state index is 11.8. The molecule has 0 aliphatic carbocycles. The highest BCUT2D eigenvalue weighted by Crippen LogP contribution is 2.24. The molecule has 1 amide bonds. The fourth-order valence-electron chi connectivity index (χ4n) is 2.19. The first-order valence-corrected chi connectivity index (χ1v) is 8.16. The predicted molar refractivity (Wildman–Crippen MR) is 89.8 cm³/mol.